The van der Waals surface area contributed by atoms with Gasteiger partial charge < -0.3 is 15.2 Å². The van der Waals surface area contributed by atoms with Crippen LogP contribution in [0.15, 0.2) is 67.1 Å². The number of amides is 1. The lowest BCUT2D eigenvalue weighted by molar-refractivity contribution is 0.0951. The number of nitrogens with zero attached hydrogens (tertiary/aromatic N) is 4. The highest BCUT2D eigenvalue weighted by atomic mass is 16.1. The number of carbonyl (C=O) groups is 1. The summed E-state index contributed by atoms with van der Waals surface area (Å²) in [6, 6.07) is 15.0. The summed E-state index contributed by atoms with van der Waals surface area (Å²) in [4.78, 5) is 25.3. The first-order valence-electron chi connectivity index (χ1n) is 8.52. The number of aromatic nitrogens is 4. The van der Waals surface area contributed by atoms with Crippen LogP contribution in [0.25, 0.3) is 11.0 Å². The van der Waals surface area contributed by atoms with Gasteiger partial charge in [-0.1, -0.05) is 18.2 Å². The fourth-order valence-corrected chi connectivity index (χ4v) is 2.80. The third-order valence-electron chi connectivity index (χ3n) is 4.23. The Morgan fingerprint density at radius 1 is 1.11 bits per heavy atom. The van der Waals surface area contributed by atoms with Gasteiger partial charge in [0.05, 0.1) is 11.0 Å². The monoisotopic (exact) mass is 358 g/mol. The van der Waals surface area contributed by atoms with Crippen molar-refractivity contribution in [2.75, 3.05) is 5.32 Å². The molecule has 0 atom stereocenters. The minimum Gasteiger partial charge on any atom is -0.348 e. The summed E-state index contributed by atoms with van der Waals surface area (Å²) in [6.45, 7) is 0.419. The molecule has 4 rings (SSSR count). The quantitative estimate of drug-likeness (QED) is 0.573. The summed E-state index contributed by atoms with van der Waals surface area (Å²) in [5.74, 6) is 1.05. The van der Waals surface area contributed by atoms with Gasteiger partial charge in [-0.05, 0) is 35.9 Å². The van der Waals surface area contributed by atoms with Gasteiger partial charge in [-0.3, -0.25) is 9.78 Å². The molecule has 0 bridgehead atoms. The van der Waals surface area contributed by atoms with Crippen molar-refractivity contribution in [1.82, 2.24) is 24.8 Å². The first-order chi connectivity index (χ1) is 13.2. The molecule has 27 heavy (non-hydrogen) atoms. The van der Waals surface area contributed by atoms with Crippen LogP contribution < -0.4 is 10.6 Å². The van der Waals surface area contributed by atoms with E-state index in [0.717, 1.165) is 16.6 Å². The zero-order chi connectivity index (χ0) is 18.6. The molecule has 7 nitrogen and oxygen atoms in total. The first-order valence-corrected chi connectivity index (χ1v) is 8.52. The van der Waals surface area contributed by atoms with Crippen molar-refractivity contribution in [2.24, 2.45) is 7.05 Å². The maximum Gasteiger partial charge on any atom is 0.251 e. The summed E-state index contributed by atoms with van der Waals surface area (Å²) >= 11 is 0. The van der Waals surface area contributed by atoms with E-state index in [-0.39, 0.29) is 5.91 Å². The molecule has 1 aromatic carbocycles. The smallest absolute Gasteiger partial charge is 0.251 e. The van der Waals surface area contributed by atoms with Crippen LogP contribution in [0.4, 0.5) is 11.8 Å². The van der Waals surface area contributed by atoms with Crippen molar-refractivity contribution in [3.63, 3.8) is 0 Å². The van der Waals surface area contributed by atoms with Crippen molar-refractivity contribution in [2.45, 2.75) is 6.54 Å². The Bertz CT molecular complexity index is 1090. The average Bonchev–Trinajstić information content (AvgIpc) is 3.03. The molecule has 0 radical (unpaired) electrons. The van der Waals surface area contributed by atoms with Crippen LogP contribution in [-0.2, 0) is 13.6 Å². The van der Waals surface area contributed by atoms with E-state index in [1.807, 2.05) is 48.0 Å². The number of rotatable bonds is 5. The lowest BCUT2D eigenvalue weighted by atomic mass is 10.2. The number of hydrogen-bond acceptors (Lipinski definition) is 5. The average molecular weight is 358 g/mol. The van der Waals surface area contributed by atoms with Crippen LogP contribution in [0, 0.1) is 0 Å². The molecular weight excluding hydrogens is 340 g/mol. The number of pyridine rings is 2. The molecule has 2 N–H and O–H groups in total. The standard InChI is InChI=1S/C20H18N6O/c1-26-17-7-3-2-6-16(17)24-20(26)25-18-11-15(8-10-22-18)19(27)23-13-14-5-4-9-21-12-14/h2-12H,13H2,1H3,(H,23,27)(H,22,24,25). The molecule has 0 saturated carbocycles. The Morgan fingerprint density at radius 2 is 2.00 bits per heavy atom. The van der Waals surface area contributed by atoms with Gasteiger partial charge in [0, 0.05) is 37.7 Å². The van der Waals surface area contributed by atoms with Crippen molar-refractivity contribution >= 4 is 28.7 Å². The Kier molecular flexibility index (Phi) is 4.49. The van der Waals surface area contributed by atoms with E-state index in [1.54, 1.807) is 30.7 Å². The van der Waals surface area contributed by atoms with Crippen molar-refractivity contribution in [3.8, 4) is 0 Å². The van der Waals surface area contributed by atoms with Crippen LogP contribution in [0.3, 0.4) is 0 Å². The molecule has 3 heterocycles. The van der Waals surface area contributed by atoms with Crippen LogP contribution in [-0.4, -0.2) is 25.4 Å². The maximum atomic E-state index is 12.4. The molecule has 3 aromatic heterocycles. The topological polar surface area (TPSA) is 84.7 Å². The van der Waals surface area contributed by atoms with Gasteiger partial charge in [-0.15, -0.1) is 0 Å². The number of anilines is 2. The highest BCUT2D eigenvalue weighted by Gasteiger charge is 2.10. The second kappa shape index (κ2) is 7.25. The number of para-hydroxylation sites is 2. The van der Waals surface area contributed by atoms with Gasteiger partial charge in [-0.2, -0.15) is 0 Å². The van der Waals surface area contributed by atoms with E-state index in [2.05, 4.69) is 25.6 Å². The van der Waals surface area contributed by atoms with E-state index in [9.17, 15) is 4.79 Å². The Labute approximate surface area is 156 Å². The molecule has 0 spiro atoms. The molecule has 0 aliphatic carbocycles. The Hall–Kier alpha value is -3.74. The summed E-state index contributed by atoms with van der Waals surface area (Å²) in [5.41, 5.74) is 3.38. The van der Waals surface area contributed by atoms with Crippen LogP contribution >= 0.6 is 0 Å². The van der Waals surface area contributed by atoms with E-state index >= 15 is 0 Å². The van der Waals surface area contributed by atoms with Gasteiger partial charge in [0.15, 0.2) is 0 Å². The molecule has 134 valence electrons. The largest absolute Gasteiger partial charge is 0.348 e. The highest BCUT2D eigenvalue weighted by Crippen LogP contribution is 2.20. The van der Waals surface area contributed by atoms with Gasteiger partial charge in [0.25, 0.3) is 5.91 Å². The number of hydrogen-bond donors (Lipinski definition) is 2. The summed E-state index contributed by atoms with van der Waals surface area (Å²) < 4.78 is 1.95. The predicted octanol–water partition coefficient (Wildman–Crippen LogP) is 3.04. The lowest BCUT2D eigenvalue weighted by Crippen LogP contribution is -2.23. The number of benzene rings is 1. The zero-order valence-corrected chi connectivity index (χ0v) is 14.8. The summed E-state index contributed by atoms with van der Waals surface area (Å²) in [6.07, 6.45) is 5.03. The van der Waals surface area contributed by atoms with Crippen LogP contribution in [0.2, 0.25) is 0 Å². The molecule has 4 aromatic rings. The third-order valence-corrected chi connectivity index (χ3v) is 4.23. The minimum atomic E-state index is -0.172. The summed E-state index contributed by atoms with van der Waals surface area (Å²) in [7, 11) is 1.93. The maximum absolute atomic E-state index is 12.4. The third kappa shape index (κ3) is 3.62. The second-order valence-corrected chi connectivity index (χ2v) is 6.08. The molecule has 1 amide bonds. The van der Waals surface area contributed by atoms with E-state index < -0.39 is 0 Å². The lowest BCUT2D eigenvalue weighted by Gasteiger charge is -2.08. The molecule has 0 saturated heterocycles. The van der Waals surface area contributed by atoms with Crippen molar-refractivity contribution < 1.29 is 4.79 Å². The zero-order valence-electron chi connectivity index (χ0n) is 14.8. The molecule has 0 unspecified atom stereocenters. The molecular formula is C20H18N6O. The van der Waals surface area contributed by atoms with E-state index in [0.29, 0.717) is 23.9 Å². The highest BCUT2D eigenvalue weighted by molar-refractivity contribution is 5.94. The normalized spacial score (nSPS) is 10.7. The van der Waals surface area contributed by atoms with Crippen LogP contribution in [0.5, 0.6) is 0 Å². The first kappa shape index (κ1) is 16.7. The second-order valence-electron chi connectivity index (χ2n) is 6.08. The summed E-state index contributed by atoms with van der Waals surface area (Å²) in [5, 5.41) is 6.07. The van der Waals surface area contributed by atoms with Gasteiger partial charge in [-0.25, -0.2) is 9.97 Å². The van der Waals surface area contributed by atoms with Crippen molar-refractivity contribution in [1.29, 1.82) is 0 Å². The molecule has 0 aliphatic rings. The Morgan fingerprint density at radius 3 is 2.81 bits per heavy atom. The van der Waals surface area contributed by atoms with E-state index in [1.165, 1.54) is 0 Å². The fourth-order valence-electron chi connectivity index (χ4n) is 2.80. The fraction of sp³-hybridized carbons (Fsp3) is 0.100. The number of fused-ring (bicyclic) bond motifs is 1. The van der Waals surface area contributed by atoms with Gasteiger partial charge in [0.1, 0.15) is 5.82 Å². The van der Waals surface area contributed by atoms with Crippen molar-refractivity contribution in [3.05, 3.63) is 78.2 Å². The number of imidazole rings is 1. The Balaban J connectivity index is 1.50. The molecule has 0 aliphatic heterocycles. The molecule has 7 heteroatoms. The molecule has 0 fully saturated rings. The SMILES string of the molecule is Cn1c(Nc2cc(C(=O)NCc3cccnc3)ccn2)nc2ccccc21. The van der Waals surface area contributed by atoms with Crippen LogP contribution in [0.1, 0.15) is 15.9 Å². The minimum absolute atomic E-state index is 0.172. The number of aryl methyl sites for hydroxylation is 1. The number of nitrogens with one attached hydrogen (secondary N) is 2. The van der Waals surface area contributed by atoms with Gasteiger partial charge >= 0.3 is 0 Å². The van der Waals surface area contributed by atoms with E-state index in [4.69, 9.17) is 0 Å². The predicted molar refractivity (Wildman–Crippen MR) is 104 cm³/mol. The number of carbonyl (C=O) groups excluding carboxylic acids is 1. The van der Waals surface area contributed by atoms with Gasteiger partial charge in [0.2, 0.25) is 5.95 Å².